The lowest BCUT2D eigenvalue weighted by Gasteiger charge is -2.56. The Morgan fingerprint density at radius 1 is 1.21 bits per heavy atom. The summed E-state index contributed by atoms with van der Waals surface area (Å²) in [4.78, 5) is 2.08. The van der Waals surface area contributed by atoms with Crippen molar-refractivity contribution in [3.8, 4) is 0 Å². The van der Waals surface area contributed by atoms with Crippen LogP contribution < -0.4 is 21.3 Å². The van der Waals surface area contributed by atoms with Gasteiger partial charge in [-0.1, -0.05) is 13.8 Å². The van der Waals surface area contributed by atoms with E-state index in [0.717, 1.165) is 54.4 Å². The molecule has 0 aromatic carbocycles. The van der Waals surface area contributed by atoms with Gasteiger partial charge in [-0.15, -0.1) is 0 Å². The highest BCUT2D eigenvalue weighted by Crippen LogP contribution is 2.39. The molecule has 2 fully saturated rings. The van der Waals surface area contributed by atoms with E-state index in [4.69, 9.17) is 21.0 Å². The third-order valence-electron chi connectivity index (χ3n) is 6.11. The van der Waals surface area contributed by atoms with Crippen LogP contribution in [-0.4, -0.2) is 56.1 Å². The van der Waals surface area contributed by atoms with Gasteiger partial charge in [0.15, 0.2) is 0 Å². The van der Waals surface area contributed by atoms with Crippen LogP contribution in [0.25, 0.3) is 0 Å². The van der Waals surface area contributed by atoms with E-state index in [1.54, 1.807) is 6.08 Å². The summed E-state index contributed by atoms with van der Waals surface area (Å²) in [7, 11) is 1.84. The minimum absolute atomic E-state index is 0.174. The van der Waals surface area contributed by atoms with Gasteiger partial charge < -0.3 is 36.3 Å². The van der Waals surface area contributed by atoms with Crippen LogP contribution in [0.5, 0.6) is 0 Å². The molecule has 4 rings (SSSR count). The predicted molar refractivity (Wildman–Crippen MR) is 131 cm³/mol. The number of ether oxygens (including phenoxy) is 1. The third-order valence-corrected chi connectivity index (χ3v) is 6.11. The fourth-order valence-electron chi connectivity index (χ4n) is 4.15. The summed E-state index contributed by atoms with van der Waals surface area (Å²) in [6.45, 7) is 7.29. The van der Waals surface area contributed by atoms with E-state index < -0.39 is 0 Å². The van der Waals surface area contributed by atoms with Crippen molar-refractivity contribution in [2.75, 3.05) is 33.4 Å². The molecule has 0 unspecified atom stereocenters. The van der Waals surface area contributed by atoms with Gasteiger partial charge in [-0.25, -0.2) is 0 Å². The molecule has 0 aliphatic carbocycles. The van der Waals surface area contributed by atoms with Crippen LogP contribution in [0.3, 0.4) is 0 Å². The molecule has 0 aromatic rings. The number of hydrogen-bond acceptors (Lipinski definition) is 7. The molecule has 7 N–H and O–H groups in total. The Bertz CT molecular complexity index is 1040. The number of likely N-dealkylation sites (tertiary alicyclic amines) is 1. The van der Waals surface area contributed by atoms with Crippen molar-refractivity contribution < 1.29 is 4.74 Å². The molecule has 0 amide bonds. The Balaban J connectivity index is 1.45. The van der Waals surface area contributed by atoms with Crippen molar-refractivity contribution in [2.45, 2.75) is 13.8 Å². The molecule has 9 nitrogen and oxygen atoms in total. The molecule has 1 spiro atoms. The zero-order valence-electron chi connectivity index (χ0n) is 19.3. The quantitative estimate of drug-likeness (QED) is 0.235. The van der Waals surface area contributed by atoms with Crippen LogP contribution in [0.4, 0.5) is 0 Å². The number of fused-ring (bicyclic) bond motifs is 1. The summed E-state index contributed by atoms with van der Waals surface area (Å²) < 4.78 is 5.36. The van der Waals surface area contributed by atoms with Gasteiger partial charge in [-0.2, -0.15) is 0 Å². The molecule has 0 saturated carbocycles. The summed E-state index contributed by atoms with van der Waals surface area (Å²) in [5, 5.41) is 37.3. The molecular weight excluding hydrogens is 416 g/mol. The third kappa shape index (κ3) is 4.63. The first kappa shape index (κ1) is 22.6. The summed E-state index contributed by atoms with van der Waals surface area (Å²) in [5.41, 5.74) is 4.49. The highest BCUT2D eigenvalue weighted by Gasteiger charge is 2.50. The minimum Gasteiger partial charge on any atom is -0.393 e. The number of dihydropyridines is 2. The van der Waals surface area contributed by atoms with Gasteiger partial charge in [0.05, 0.1) is 30.0 Å². The molecule has 2 saturated heterocycles. The second kappa shape index (κ2) is 9.11. The zero-order chi connectivity index (χ0) is 23.6. The Labute approximate surface area is 194 Å². The molecule has 4 aliphatic heterocycles. The van der Waals surface area contributed by atoms with Crippen LogP contribution in [0.1, 0.15) is 13.8 Å². The maximum Gasteiger partial charge on any atom is 0.130 e. The fourth-order valence-corrected chi connectivity index (χ4v) is 4.15. The SMILES string of the molecule is CN/C=C(\C(=N)N1CC2(COC2)C1)C1=CNC2=CC=C(NC(=N)C=C(C=N)C(C)C)NC2=C1. The van der Waals surface area contributed by atoms with Gasteiger partial charge in [0, 0.05) is 49.9 Å². The van der Waals surface area contributed by atoms with E-state index in [-0.39, 0.29) is 17.2 Å². The number of rotatable bonds is 7. The molecule has 174 valence electrons. The maximum atomic E-state index is 8.77. The number of hydrogen-bond donors (Lipinski definition) is 7. The average Bonchev–Trinajstić information content (AvgIpc) is 2.73. The van der Waals surface area contributed by atoms with Gasteiger partial charge in [0.25, 0.3) is 0 Å². The molecular formula is C24H32N8O. The van der Waals surface area contributed by atoms with Crippen LogP contribution in [0, 0.1) is 27.6 Å². The molecule has 0 radical (unpaired) electrons. The number of nitrogens with one attached hydrogen (secondary N) is 7. The number of nitrogens with zero attached hydrogens (tertiary/aromatic N) is 1. The van der Waals surface area contributed by atoms with E-state index in [1.165, 1.54) is 6.21 Å². The summed E-state index contributed by atoms with van der Waals surface area (Å²) in [6.07, 6.45) is 12.5. The van der Waals surface area contributed by atoms with Crippen molar-refractivity contribution in [3.63, 3.8) is 0 Å². The van der Waals surface area contributed by atoms with E-state index in [0.29, 0.717) is 11.7 Å². The van der Waals surface area contributed by atoms with Crippen molar-refractivity contribution in [2.24, 2.45) is 11.3 Å². The van der Waals surface area contributed by atoms with Gasteiger partial charge in [-0.05, 0) is 35.8 Å². The maximum absolute atomic E-state index is 8.77. The Hall–Kier alpha value is -3.59. The standard InChI is InChI=1S/C24H32N8O/c1-15(2)16(8-25)7-21(26)31-22-5-4-19-20(30-22)6-17(9-29-19)18(10-28-3)23(27)32-11-24(12-32)13-33-14-24/h4-10,15,25,27-30H,11-14H2,1-3H3,(H2,26,31)/b16-7?,18-10-,25-8?,27-23?. The van der Waals surface area contributed by atoms with Crippen LogP contribution >= 0.6 is 0 Å². The fraction of sp³-hybridized carbons (Fsp3) is 0.375. The molecule has 0 aromatic heterocycles. The minimum atomic E-state index is 0.174. The summed E-state index contributed by atoms with van der Waals surface area (Å²) >= 11 is 0. The van der Waals surface area contributed by atoms with Crippen molar-refractivity contribution in [3.05, 3.63) is 70.6 Å². The molecule has 33 heavy (non-hydrogen) atoms. The lowest BCUT2D eigenvalue weighted by molar-refractivity contribution is -0.171. The van der Waals surface area contributed by atoms with E-state index in [1.807, 2.05) is 51.5 Å². The van der Waals surface area contributed by atoms with Crippen LogP contribution in [0.15, 0.2) is 70.6 Å². The Morgan fingerprint density at radius 3 is 2.58 bits per heavy atom. The molecule has 4 aliphatic rings. The monoisotopic (exact) mass is 448 g/mol. The number of allylic oxidation sites excluding steroid dienone is 4. The van der Waals surface area contributed by atoms with Crippen LogP contribution in [0.2, 0.25) is 0 Å². The lowest BCUT2D eigenvalue weighted by Crippen LogP contribution is -2.67. The lowest BCUT2D eigenvalue weighted by atomic mass is 9.77. The van der Waals surface area contributed by atoms with Crippen molar-refractivity contribution in [1.82, 2.24) is 26.2 Å². The van der Waals surface area contributed by atoms with Gasteiger partial charge >= 0.3 is 0 Å². The highest BCUT2D eigenvalue weighted by molar-refractivity contribution is 6.01. The van der Waals surface area contributed by atoms with E-state index in [9.17, 15) is 0 Å². The predicted octanol–water partition coefficient (Wildman–Crippen LogP) is 1.90. The summed E-state index contributed by atoms with van der Waals surface area (Å²) in [6, 6.07) is 0. The van der Waals surface area contributed by atoms with Crippen molar-refractivity contribution in [1.29, 1.82) is 16.2 Å². The second-order valence-corrected chi connectivity index (χ2v) is 9.11. The average molecular weight is 449 g/mol. The number of amidine groups is 2. The normalized spacial score (nSPS) is 21.2. The summed E-state index contributed by atoms with van der Waals surface area (Å²) in [5.74, 6) is 1.55. The van der Waals surface area contributed by atoms with Gasteiger partial charge in [0.2, 0.25) is 0 Å². The second-order valence-electron chi connectivity index (χ2n) is 9.11. The molecule has 0 atom stereocenters. The molecule has 0 bridgehead atoms. The Morgan fingerprint density at radius 2 is 1.97 bits per heavy atom. The molecule has 4 heterocycles. The first-order valence-electron chi connectivity index (χ1n) is 11.1. The Kier molecular flexibility index (Phi) is 6.24. The topological polar surface area (TPSA) is 132 Å². The van der Waals surface area contributed by atoms with Crippen molar-refractivity contribution >= 4 is 17.9 Å². The van der Waals surface area contributed by atoms with Gasteiger partial charge in [-0.3, -0.25) is 10.8 Å². The van der Waals surface area contributed by atoms with Gasteiger partial charge in [0.1, 0.15) is 17.5 Å². The smallest absolute Gasteiger partial charge is 0.130 e. The van der Waals surface area contributed by atoms with Crippen LogP contribution in [-0.2, 0) is 4.74 Å². The first-order chi connectivity index (χ1) is 15.8. The first-order valence-corrected chi connectivity index (χ1v) is 11.1. The highest BCUT2D eigenvalue weighted by atomic mass is 16.5. The zero-order valence-corrected chi connectivity index (χ0v) is 19.3. The van der Waals surface area contributed by atoms with E-state index >= 15 is 0 Å². The van der Waals surface area contributed by atoms with E-state index in [2.05, 4.69) is 26.2 Å². The molecule has 9 heteroatoms. The largest absolute Gasteiger partial charge is 0.393 e.